The minimum absolute atomic E-state index is 0.130. The number of carbonyl (C=O) groups is 3. The average Bonchev–Trinajstić information content (AvgIpc) is 2.87. The van der Waals surface area contributed by atoms with E-state index < -0.39 is 23.7 Å². The predicted molar refractivity (Wildman–Crippen MR) is 143 cm³/mol. The minimum Gasteiger partial charge on any atom is -0.369 e. The molecule has 2 heterocycles. The summed E-state index contributed by atoms with van der Waals surface area (Å²) in [4.78, 5) is 44.6. The maximum Gasteiger partial charge on any atom is 0.343 e. The largest absolute Gasteiger partial charge is 0.369 e. The summed E-state index contributed by atoms with van der Waals surface area (Å²) in [6.07, 6.45) is 2.14. The third-order valence-electron chi connectivity index (χ3n) is 7.33. The summed E-state index contributed by atoms with van der Waals surface area (Å²) in [7, 11) is 1.94. The molecule has 37 heavy (non-hydrogen) atoms. The van der Waals surface area contributed by atoms with Crippen LogP contribution >= 0.6 is 0 Å². The highest BCUT2D eigenvalue weighted by Gasteiger charge is 2.44. The number of urea groups is 1. The van der Waals surface area contributed by atoms with Gasteiger partial charge in [-0.15, -0.1) is 0 Å². The van der Waals surface area contributed by atoms with Crippen molar-refractivity contribution in [1.29, 1.82) is 0 Å². The molecule has 1 atom stereocenters. The van der Waals surface area contributed by atoms with Gasteiger partial charge in [-0.3, -0.25) is 9.59 Å². The van der Waals surface area contributed by atoms with Crippen molar-refractivity contribution in [2.75, 3.05) is 21.7 Å². The highest BCUT2D eigenvalue weighted by molar-refractivity contribution is 6.46. The molecule has 1 saturated heterocycles. The molecule has 1 fully saturated rings. The molecule has 0 radical (unpaired) electrons. The zero-order valence-corrected chi connectivity index (χ0v) is 21.2. The van der Waals surface area contributed by atoms with E-state index in [0.29, 0.717) is 11.4 Å². The smallest absolute Gasteiger partial charge is 0.343 e. The number of nitrogens with zero attached hydrogens (tertiary/aromatic N) is 3. The summed E-state index contributed by atoms with van der Waals surface area (Å²) in [6, 6.07) is 19.2. The summed E-state index contributed by atoms with van der Waals surface area (Å²) in [5.74, 6) is -1.98. The average molecular weight is 498 g/mol. The quantitative estimate of drug-likeness (QED) is 0.323. The second kappa shape index (κ2) is 9.00. The first-order valence-corrected chi connectivity index (χ1v) is 12.2. The van der Waals surface area contributed by atoms with Crippen LogP contribution in [0.2, 0.25) is 0 Å². The number of carbonyl (C=O) groups excluding carboxylic acids is 3. The number of anilines is 3. The van der Waals surface area contributed by atoms with Crippen molar-refractivity contribution in [3.05, 3.63) is 95.3 Å². The summed E-state index contributed by atoms with van der Waals surface area (Å²) >= 11 is 0. The van der Waals surface area contributed by atoms with Crippen LogP contribution in [0.5, 0.6) is 0 Å². The molecule has 5 rings (SSSR count). The molecule has 3 aromatic rings. The third-order valence-corrected chi connectivity index (χ3v) is 7.33. The topological polar surface area (TPSA) is 60.9 Å². The number of barbiturate groups is 1. The minimum atomic E-state index is -0.795. The normalized spacial score (nSPS) is 19.3. The maximum atomic E-state index is 15.5. The molecule has 0 aromatic heterocycles. The van der Waals surface area contributed by atoms with Gasteiger partial charge in [0.2, 0.25) is 0 Å². The van der Waals surface area contributed by atoms with Crippen molar-refractivity contribution in [1.82, 2.24) is 0 Å². The highest BCUT2D eigenvalue weighted by Crippen LogP contribution is 2.43. The zero-order chi connectivity index (χ0) is 26.5. The predicted octanol–water partition coefficient (Wildman–Crippen LogP) is 6.13. The number of para-hydroxylation sites is 2. The van der Waals surface area contributed by atoms with Gasteiger partial charge in [0.05, 0.1) is 11.4 Å². The van der Waals surface area contributed by atoms with E-state index in [1.807, 2.05) is 7.05 Å². The van der Waals surface area contributed by atoms with Gasteiger partial charge in [-0.2, -0.15) is 0 Å². The fourth-order valence-corrected chi connectivity index (χ4v) is 5.21. The Balaban J connectivity index is 1.65. The first-order chi connectivity index (χ1) is 17.6. The fourth-order valence-electron chi connectivity index (χ4n) is 5.21. The standard InChI is InChI=1S/C30H28FN3O3/c1-19-18-30(2,3)32(4)26-17-25(31)20(15-23(19)26)16-24-27(35)33(21-11-7-5-8-12-21)29(37)34(28(24)36)22-13-9-6-10-14-22/h5-17,19H,18H2,1-4H3. The van der Waals surface area contributed by atoms with Crippen molar-refractivity contribution < 1.29 is 18.8 Å². The Hall–Kier alpha value is -4.26. The summed E-state index contributed by atoms with van der Waals surface area (Å²) < 4.78 is 15.5. The van der Waals surface area contributed by atoms with Gasteiger partial charge < -0.3 is 4.90 Å². The van der Waals surface area contributed by atoms with Crippen LogP contribution in [-0.4, -0.2) is 30.4 Å². The molecule has 2 aliphatic rings. The lowest BCUT2D eigenvalue weighted by Gasteiger charge is -2.45. The van der Waals surface area contributed by atoms with Crippen LogP contribution in [-0.2, 0) is 9.59 Å². The summed E-state index contributed by atoms with van der Waals surface area (Å²) in [5, 5.41) is 0. The van der Waals surface area contributed by atoms with Crippen LogP contribution in [0, 0.1) is 5.82 Å². The number of amides is 4. The Morgan fingerprint density at radius 1 is 0.865 bits per heavy atom. The summed E-state index contributed by atoms with van der Waals surface area (Å²) in [6.45, 7) is 6.33. The summed E-state index contributed by atoms with van der Waals surface area (Å²) in [5.41, 5.74) is 2.08. The molecule has 0 aliphatic carbocycles. The number of hydrogen-bond acceptors (Lipinski definition) is 4. The molecule has 188 valence electrons. The van der Waals surface area contributed by atoms with Gasteiger partial charge in [0.25, 0.3) is 11.8 Å². The molecular weight excluding hydrogens is 469 g/mol. The van der Waals surface area contributed by atoms with E-state index in [4.69, 9.17) is 0 Å². The van der Waals surface area contributed by atoms with Gasteiger partial charge in [-0.25, -0.2) is 19.0 Å². The van der Waals surface area contributed by atoms with E-state index >= 15 is 4.39 Å². The number of benzene rings is 3. The van der Waals surface area contributed by atoms with Gasteiger partial charge in [0.15, 0.2) is 0 Å². The molecule has 2 aliphatic heterocycles. The van der Waals surface area contributed by atoms with Crippen LogP contribution in [0.1, 0.15) is 44.2 Å². The van der Waals surface area contributed by atoms with E-state index in [2.05, 4.69) is 25.7 Å². The van der Waals surface area contributed by atoms with Crippen LogP contribution in [0.4, 0.5) is 26.2 Å². The number of imide groups is 2. The molecule has 3 aromatic carbocycles. The van der Waals surface area contributed by atoms with E-state index in [1.54, 1.807) is 66.7 Å². The molecule has 0 bridgehead atoms. The molecule has 6 nitrogen and oxygen atoms in total. The van der Waals surface area contributed by atoms with Crippen molar-refractivity contribution >= 4 is 41.0 Å². The van der Waals surface area contributed by atoms with Gasteiger partial charge in [0.1, 0.15) is 11.4 Å². The SMILES string of the molecule is CC1CC(C)(C)N(C)c2cc(F)c(C=C3C(=O)N(c4ccccc4)C(=O)N(c4ccccc4)C3=O)cc21. The van der Waals surface area contributed by atoms with Crippen LogP contribution in [0.25, 0.3) is 6.08 Å². The Labute approximate surface area is 215 Å². The number of halogens is 1. The first-order valence-electron chi connectivity index (χ1n) is 12.2. The zero-order valence-electron chi connectivity index (χ0n) is 21.2. The third kappa shape index (κ3) is 4.10. The lowest BCUT2D eigenvalue weighted by molar-refractivity contribution is -0.121. The second-order valence-electron chi connectivity index (χ2n) is 10.2. The fraction of sp³-hybridized carbons (Fsp3) is 0.233. The van der Waals surface area contributed by atoms with Gasteiger partial charge >= 0.3 is 6.03 Å². The Bertz CT molecular complexity index is 1370. The van der Waals surface area contributed by atoms with Gasteiger partial charge in [-0.1, -0.05) is 43.3 Å². The molecular formula is C30H28FN3O3. The van der Waals surface area contributed by atoms with Crippen molar-refractivity contribution in [3.63, 3.8) is 0 Å². The van der Waals surface area contributed by atoms with Crippen molar-refractivity contribution in [2.45, 2.75) is 38.6 Å². The second-order valence-corrected chi connectivity index (χ2v) is 10.2. The molecule has 0 spiro atoms. The molecule has 4 amide bonds. The van der Waals surface area contributed by atoms with E-state index in [-0.39, 0.29) is 22.6 Å². The van der Waals surface area contributed by atoms with Crippen molar-refractivity contribution in [2.24, 2.45) is 0 Å². The Kier molecular flexibility index (Phi) is 5.94. The van der Waals surface area contributed by atoms with Crippen molar-refractivity contribution in [3.8, 4) is 0 Å². The van der Waals surface area contributed by atoms with Crippen LogP contribution in [0.3, 0.4) is 0 Å². The molecule has 7 heteroatoms. The Morgan fingerprint density at radius 2 is 1.38 bits per heavy atom. The van der Waals surface area contributed by atoms with E-state index in [1.165, 1.54) is 12.1 Å². The monoisotopic (exact) mass is 497 g/mol. The number of rotatable bonds is 3. The van der Waals surface area contributed by atoms with Crippen LogP contribution < -0.4 is 14.7 Å². The first kappa shape index (κ1) is 24.4. The lowest BCUT2D eigenvalue weighted by Crippen LogP contribution is -2.57. The molecule has 0 saturated carbocycles. The van der Waals surface area contributed by atoms with E-state index in [9.17, 15) is 14.4 Å². The van der Waals surface area contributed by atoms with E-state index in [0.717, 1.165) is 27.5 Å². The lowest BCUT2D eigenvalue weighted by atomic mass is 9.80. The highest BCUT2D eigenvalue weighted by atomic mass is 19.1. The number of hydrogen-bond donors (Lipinski definition) is 0. The molecule has 1 unspecified atom stereocenters. The maximum absolute atomic E-state index is 15.5. The molecule has 0 N–H and O–H groups in total. The van der Waals surface area contributed by atoms with Crippen LogP contribution in [0.15, 0.2) is 78.4 Å². The number of fused-ring (bicyclic) bond motifs is 1. The van der Waals surface area contributed by atoms with Gasteiger partial charge in [-0.05, 0) is 74.2 Å². The Morgan fingerprint density at radius 3 is 1.89 bits per heavy atom. The van der Waals surface area contributed by atoms with Gasteiger partial charge in [0, 0.05) is 23.8 Å².